The van der Waals surface area contributed by atoms with Gasteiger partial charge in [0.1, 0.15) is 5.82 Å². The Bertz CT molecular complexity index is 1360. The molecular weight excluding hydrogens is 633 g/mol. The Morgan fingerprint density at radius 2 is 1.65 bits per heavy atom. The Hall–Kier alpha value is -2.13. The Kier molecular flexibility index (Phi) is 16.6. The van der Waals surface area contributed by atoms with E-state index >= 15 is 0 Å². The van der Waals surface area contributed by atoms with Crippen molar-refractivity contribution < 1.29 is 22.3 Å². The van der Waals surface area contributed by atoms with Crippen LogP contribution in [0.2, 0.25) is 0 Å². The largest absolute Gasteiger partial charge is 0.375 e. The van der Waals surface area contributed by atoms with Gasteiger partial charge >= 0.3 is 0 Å². The second-order valence-corrected chi connectivity index (χ2v) is 12.3. The van der Waals surface area contributed by atoms with Gasteiger partial charge in [-0.3, -0.25) is 9.69 Å². The van der Waals surface area contributed by atoms with Crippen LogP contribution in [0.1, 0.15) is 37.8 Å². The highest BCUT2D eigenvalue weighted by Gasteiger charge is 2.14. The number of primary sulfonamides is 1. The van der Waals surface area contributed by atoms with Gasteiger partial charge in [0.25, 0.3) is 0 Å². The van der Waals surface area contributed by atoms with Crippen molar-refractivity contribution in [3.8, 4) is 16.9 Å². The zero-order valence-corrected chi connectivity index (χ0v) is 27.5. The lowest BCUT2D eigenvalue weighted by molar-refractivity contribution is -0.122. The minimum Gasteiger partial charge on any atom is -0.375 e. The monoisotopic (exact) mass is 673 g/mol. The molecule has 0 aliphatic rings. The van der Waals surface area contributed by atoms with Crippen LogP contribution in [0.3, 0.4) is 0 Å². The highest BCUT2D eigenvalue weighted by molar-refractivity contribution is 7.89. The molecule has 238 valence electrons. The minimum atomic E-state index is -3.82. The van der Waals surface area contributed by atoms with Gasteiger partial charge in [0.15, 0.2) is 0 Å². The summed E-state index contributed by atoms with van der Waals surface area (Å²) in [5, 5.41) is 12.8. The van der Waals surface area contributed by atoms with Crippen LogP contribution in [0.15, 0.2) is 59.5 Å². The number of sulfonamides is 1. The Morgan fingerprint density at radius 1 is 0.977 bits per heavy atom. The predicted octanol–water partition coefficient (Wildman–Crippen LogP) is 4.49. The molecule has 9 nitrogen and oxygen atoms in total. The van der Waals surface area contributed by atoms with Gasteiger partial charge < -0.3 is 10.1 Å². The summed E-state index contributed by atoms with van der Waals surface area (Å²) in [5.74, 6) is 1.03. The SMILES string of the molecule is Cl.NS(=O)(=O)c1ccc(-n2nc(COCCCCCCCN(CCS)CC(=O)NCCS)cc2-c2ccc(F)cc2)cc1. The van der Waals surface area contributed by atoms with E-state index < -0.39 is 10.0 Å². The van der Waals surface area contributed by atoms with Crippen molar-refractivity contribution in [3.05, 3.63) is 66.1 Å². The standard InChI is InChI=1S/C29H40FN5O4S3.ClH/c30-24-8-6-23(7-9-24)28-20-25(33-35(28)26-10-12-27(13-11-26)42(31,37)38)22-39-17-5-3-1-2-4-15-34(16-19-41)21-29(36)32-14-18-40;/h6-13,20,40-41H,1-5,14-19,21-22H2,(H,32,36)(H2,31,37,38);1H. The summed E-state index contributed by atoms with van der Waals surface area (Å²) in [5.41, 5.74) is 2.83. The van der Waals surface area contributed by atoms with Crippen LogP contribution in [0.4, 0.5) is 4.39 Å². The molecule has 0 radical (unpaired) electrons. The first-order valence-electron chi connectivity index (χ1n) is 14.0. The molecule has 14 heteroatoms. The van der Waals surface area contributed by atoms with Crippen molar-refractivity contribution >= 4 is 53.6 Å². The lowest BCUT2D eigenvalue weighted by Gasteiger charge is -2.20. The van der Waals surface area contributed by atoms with E-state index in [0.717, 1.165) is 56.5 Å². The van der Waals surface area contributed by atoms with E-state index in [1.54, 1.807) is 28.9 Å². The summed E-state index contributed by atoms with van der Waals surface area (Å²) in [4.78, 5) is 14.1. The topological polar surface area (TPSA) is 120 Å². The highest BCUT2D eigenvalue weighted by atomic mass is 35.5. The molecule has 0 spiro atoms. The molecule has 0 bridgehead atoms. The number of ether oxygens (including phenoxy) is 1. The summed E-state index contributed by atoms with van der Waals surface area (Å²) in [7, 11) is -3.82. The minimum absolute atomic E-state index is 0. The van der Waals surface area contributed by atoms with Crippen molar-refractivity contribution in [1.82, 2.24) is 20.0 Å². The Labute approximate surface area is 271 Å². The summed E-state index contributed by atoms with van der Waals surface area (Å²) < 4.78 is 44.4. The number of rotatable bonds is 19. The first-order valence-corrected chi connectivity index (χ1v) is 16.8. The van der Waals surface area contributed by atoms with E-state index in [0.29, 0.717) is 49.2 Å². The molecule has 0 aliphatic carbocycles. The number of benzene rings is 2. The van der Waals surface area contributed by atoms with Crippen LogP contribution >= 0.6 is 37.7 Å². The summed E-state index contributed by atoms with van der Waals surface area (Å²) >= 11 is 8.43. The second kappa shape index (κ2) is 19.3. The number of nitrogens with one attached hydrogen (secondary N) is 1. The molecule has 0 fully saturated rings. The number of nitrogens with zero attached hydrogens (tertiary/aromatic N) is 3. The van der Waals surface area contributed by atoms with E-state index in [2.05, 4.69) is 40.6 Å². The molecular formula is C29H41ClFN5O4S3. The molecule has 0 saturated heterocycles. The Balaban J connectivity index is 0.00000645. The van der Waals surface area contributed by atoms with E-state index in [9.17, 15) is 17.6 Å². The number of carbonyl (C=O) groups is 1. The van der Waals surface area contributed by atoms with Crippen molar-refractivity contribution in [2.24, 2.45) is 5.14 Å². The van der Waals surface area contributed by atoms with Crippen molar-refractivity contribution in [2.45, 2.75) is 43.6 Å². The third-order valence-corrected chi connectivity index (χ3v) is 7.89. The number of aromatic nitrogens is 2. The third-order valence-electron chi connectivity index (χ3n) is 6.54. The van der Waals surface area contributed by atoms with Gasteiger partial charge in [0.05, 0.1) is 35.1 Å². The summed E-state index contributed by atoms with van der Waals surface area (Å²) in [6.07, 6.45) is 5.16. The number of unbranched alkanes of at least 4 members (excludes halogenated alkanes) is 4. The quantitative estimate of drug-likeness (QED) is 0.110. The van der Waals surface area contributed by atoms with Gasteiger partial charge in [0, 0.05) is 36.8 Å². The number of nitrogens with two attached hydrogens (primary N) is 1. The van der Waals surface area contributed by atoms with Gasteiger partial charge in [-0.25, -0.2) is 22.6 Å². The smallest absolute Gasteiger partial charge is 0.238 e. The van der Waals surface area contributed by atoms with Crippen LogP contribution < -0.4 is 10.5 Å². The lowest BCUT2D eigenvalue weighted by atomic mass is 10.1. The average Bonchev–Trinajstić information content (AvgIpc) is 3.39. The first kappa shape index (κ1) is 37.1. The molecule has 3 N–H and O–H groups in total. The fourth-order valence-corrected chi connectivity index (χ4v) is 5.32. The molecule has 0 aliphatic heterocycles. The maximum absolute atomic E-state index is 13.5. The summed E-state index contributed by atoms with van der Waals surface area (Å²) in [6, 6.07) is 14.1. The molecule has 0 atom stereocenters. The molecule has 0 saturated carbocycles. The summed E-state index contributed by atoms with van der Waals surface area (Å²) in [6.45, 7) is 3.53. The third kappa shape index (κ3) is 12.8. The van der Waals surface area contributed by atoms with Gasteiger partial charge in [-0.1, -0.05) is 19.3 Å². The number of halogens is 2. The van der Waals surface area contributed by atoms with Gasteiger partial charge in [-0.2, -0.15) is 30.4 Å². The van der Waals surface area contributed by atoms with E-state index in [1.165, 1.54) is 24.3 Å². The van der Waals surface area contributed by atoms with Crippen LogP contribution in [-0.4, -0.2) is 73.3 Å². The molecule has 1 amide bonds. The molecule has 43 heavy (non-hydrogen) atoms. The number of hydrogen-bond acceptors (Lipinski definition) is 8. The number of hydrogen-bond donors (Lipinski definition) is 4. The average molecular weight is 674 g/mol. The fourth-order valence-electron chi connectivity index (χ4n) is 4.41. The van der Waals surface area contributed by atoms with Crippen molar-refractivity contribution in [1.29, 1.82) is 0 Å². The van der Waals surface area contributed by atoms with Gasteiger partial charge in [-0.05, 0) is 74.0 Å². The molecule has 1 aromatic heterocycles. The van der Waals surface area contributed by atoms with E-state index in [1.807, 2.05) is 6.07 Å². The maximum atomic E-state index is 13.5. The van der Waals surface area contributed by atoms with Crippen molar-refractivity contribution in [3.63, 3.8) is 0 Å². The second-order valence-electron chi connectivity index (χ2n) is 9.87. The lowest BCUT2D eigenvalue weighted by Crippen LogP contribution is -2.39. The number of carbonyl (C=O) groups excluding carboxylic acids is 1. The first-order chi connectivity index (χ1) is 20.2. The molecule has 0 unspecified atom stereocenters. The molecule has 3 rings (SSSR count). The molecule has 3 aromatic rings. The zero-order valence-electron chi connectivity index (χ0n) is 24.0. The normalized spacial score (nSPS) is 11.5. The Morgan fingerprint density at radius 3 is 2.30 bits per heavy atom. The zero-order chi connectivity index (χ0) is 30.4. The van der Waals surface area contributed by atoms with E-state index in [4.69, 9.17) is 9.88 Å². The maximum Gasteiger partial charge on any atom is 0.238 e. The van der Waals surface area contributed by atoms with Crippen LogP contribution in [0.5, 0.6) is 0 Å². The highest BCUT2D eigenvalue weighted by Crippen LogP contribution is 2.25. The molecule has 1 heterocycles. The fraction of sp³-hybridized carbons (Fsp3) is 0.448. The van der Waals surface area contributed by atoms with Crippen LogP contribution in [-0.2, 0) is 26.2 Å². The molecule has 2 aromatic carbocycles. The van der Waals surface area contributed by atoms with Gasteiger partial charge in [-0.15, -0.1) is 12.4 Å². The van der Waals surface area contributed by atoms with Crippen LogP contribution in [0, 0.1) is 5.82 Å². The van der Waals surface area contributed by atoms with Gasteiger partial charge in [0.2, 0.25) is 15.9 Å². The number of amides is 1. The number of thiol groups is 2. The van der Waals surface area contributed by atoms with Crippen molar-refractivity contribution in [2.75, 3.05) is 44.3 Å². The van der Waals surface area contributed by atoms with Crippen LogP contribution in [0.25, 0.3) is 16.9 Å². The van der Waals surface area contributed by atoms with E-state index in [-0.39, 0.29) is 29.0 Å². The predicted molar refractivity (Wildman–Crippen MR) is 177 cm³/mol.